The van der Waals surface area contributed by atoms with E-state index in [-0.39, 0.29) is 10.8 Å². The summed E-state index contributed by atoms with van der Waals surface area (Å²) in [6, 6.07) is 15.8. The topological polar surface area (TPSA) is 27.7 Å². The summed E-state index contributed by atoms with van der Waals surface area (Å²) >= 11 is 5.55. The molecule has 0 amide bonds. The summed E-state index contributed by atoms with van der Waals surface area (Å²) in [4.78, 5) is 0. The summed E-state index contributed by atoms with van der Waals surface area (Å²) in [6.07, 6.45) is 0. The molecule has 0 atom stereocenters. The van der Waals surface area contributed by atoms with Crippen LogP contribution in [-0.4, -0.2) is 0 Å². The molecule has 2 aromatic carbocycles. The van der Waals surface area contributed by atoms with Crippen molar-refractivity contribution in [1.82, 2.24) is 0 Å². The van der Waals surface area contributed by atoms with E-state index in [0.29, 0.717) is 11.5 Å². The fourth-order valence-electron chi connectivity index (χ4n) is 2.25. The van der Waals surface area contributed by atoms with Crippen molar-refractivity contribution < 1.29 is 13.1 Å². The van der Waals surface area contributed by atoms with Crippen molar-refractivity contribution in [3.8, 4) is 11.5 Å². The molecule has 5 heteroatoms. The maximum Gasteiger partial charge on any atom is 0.481 e. The van der Waals surface area contributed by atoms with Crippen LogP contribution in [0, 0.1) is 0 Å². The van der Waals surface area contributed by atoms with E-state index in [0.717, 1.165) is 0 Å². The second-order valence-corrected chi connectivity index (χ2v) is 9.39. The molecule has 2 aromatic rings. The highest BCUT2D eigenvalue weighted by atomic mass is 35.5. The third kappa shape index (κ3) is 5.88. The fraction of sp³-hybridized carbons (Fsp3) is 0.400. The molecular formula is C20H26ClO3P. The van der Waals surface area contributed by atoms with Gasteiger partial charge >= 0.3 is 8.60 Å². The predicted octanol–water partition coefficient (Wildman–Crippen LogP) is 7.14. The number of benzene rings is 2. The van der Waals surface area contributed by atoms with E-state index >= 15 is 0 Å². The molecule has 0 N–H and O–H groups in total. The summed E-state index contributed by atoms with van der Waals surface area (Å²) < 4.78 is 16.3. The SMILES string of the molecule is CC(C)(C)c1ccc(OP(OCl)Oc2ccc(C(C)(C)C)cc2)cc1. The minimum atomic E-state index is -1.72. The lowest BCUT2D eigenvalue weighted by Gasteiger charge is -2.20. The molecule has 0 heterocycles. The predicted molar refractivity (Wildman–Crippen MR) is 105 cm³/mol. The Bertz CT molecular complexity index is 611. The molecule has 0 bridgehead atoms. The van der Waals surface area contributed by atoms with E-state index < -0.39 is 8.60 Å². The van der Waals surface area contributed by atoms with Crippen molar-refractivity contribution in [3.63, 3.8) is 0 Å². The molecule has 0 saturated heterocycles. The first-order valence-corrected chi connectivity index (χ1v) is 9.66. The van der Waals surface area contributed by atoms with Gasteiger partial charge in [-0.3, -0.25) is 0 Å². The lowest BCUT2D eigenvalue weighted by atomic mass is 9.87. The second-order valence-electron chi connectivity index (χ2n) is 8.02. The van der Waals surface area contributed by atoms with Crippen LogP contribution in [0.5, 0.6) is 11.5 Å². The summed E-state index contributed by atoms with van der Waals surface area (Å²) in [6.45, 7) is 13.0. The normalized spacial score (nSPS) is 12.3. The van der Waals surface area contributed by atoms with Crippen molar-refractivity contribution >= 4 is 20.5 Å². The summed E-state index contributed by atoms with van der Waals surface area (Å²) in [5.74, 6) is 1.32. The van der Waals surface area contributed by atoms with Crippen LogP contribution in [0.25, 0.3) is 0 Å². The highest BCUT2D eigenvalue weighted by Crippen LogP contribution is 2.43. The highest BCUT2D eigenvalue weighted by molar-refractivity contribution is 7.43. The third-order valence-corrected chi connectivity index (χ3v) is 5.03. The van der Waals surface area contributed by atoms with Gasteiger partial charge in [-0.25, -0.2) is 0 Å². The first-order valence-electron chi connectivity index (χ1n) is 8.25. The van der Waals surface area contributed by atoms with Gasteiger partial charge in [0.05, 0.1) is 11.9 Å². The summed E-state index contributed by atoms with van der Waals surface area (Å²) in [5, 5.41) is 0. The van der Waals surface area contributed by atoms with Crippen LogP contribution < -0.4 is 9.05 Å². The number of rotatable bonds is 5. The lowest BCUT2D eigenvalue weighted by molar-refractivity contribution is 0.402. The zero-order valence-corrected chi connectivity index (χ0v) is 17.3. The van der Waals surface area contributed by atoms with Gasteiger partial charge in [0.25, 0.3) is 0 Å². The Morgan fingerprint density at radius 1 is 0.640 bits per heavy atom. The maximum absolute atomic E-state index is 5.72. The van der Waals surface area contributed by atoms with Crippen LogP contribution in [0.1, 0.15) is 52.7 Å². The van der Waals surface area contributed by atoms with Crippen molar-refractivity contribution in [2.45, 2.75) is 52.4 Å². The van der Waals surface area contributed by atoms with E-state index in [1.54, 1.807) is 0 Å². The average molecular weight is 381 g/mol. The monoisotopic (exact) mass is 380 g/mol. The van der Waals surface area contributed by atoms with Crippen molar-refractivity contribution in [3.05, 3.63) is 59.7 Å². The molecule has 0 saturated carbocycles. The summed E-state index contributed by atoms with van der Waals surface area (Å²) in [7, 11) is -1.72. The van der Waals surface area contributed by atoms with Crippen LogP contribution in [0.3, 0.4) is 0 Å². The van der Waals surface area contributed by atoms with Crippen molar-refractivity contribution in [1.29, 1.82) is 0 Å². The van der Waals surface area contributed by atoms with Gasteiger partial charge in [-0.05, 0) is 46.2 Å². The Morgan fingerprint density at radius 3 is 1.20 bits per heavy atom. The minimum Gasteiger partial charge on any atom is -0.417 e. The Hall–Kier alpha value is -1.28. The Kier molecular flexibility index (Phi) is 6.37. The van der Waals surface area contributed by atoms with Crippen LogP contribution in [0.2, 0.25) is 0 Å². The Balaban J connectivity index is 2.03. The van der Waals surface area contributed by atoms with Crippen molar-refractivity contribution in [2.75, 3.05) is 0 Å². The van der Waals surface area contributed by atoms with E-state index in [2.05, 4.69) is 41.5 Å². The maximum atomic E-state index is 5.72. The van der Waals surface area contributed by atoms with Gasteiger partial charge in [-0.1, -0.05) is 65.8 Å². The zero-order valence-electron chi connectivity index (χ0n) is 15.7. The lowest BCUT2D eigenvalue weighted by Crippen LogP contribution is -2.10. The number of hydrogen-bond acceptors (Lipinski definition) is 3. The molecule has 2 rings (SSSR count). The van der Waals surface area contributed by atoms with Gasteiger partial charge in [-0.2, -0.15) is 4.08 Å². The molecule has 3 nitrogen and oxygen atoms in total. The highest BCUT2D eigenvalue weighted by Gasteiger charge is 2.19. The van der Waals surface area contributed by atoms with Gasteiger partial charge in [0.15, 0.2) is 0 Å². The minimum absolute atomic E-state index is 0.0948. The van der Waals surface area contributed by atoms with E-state index in [1.807, 2.05) is 48.5 Å². The quantitative estimate of drug-likeness (QED) is 0.516. The smallest absolute Gasteiger partial charge is 0.417 e. The molecule has 0 unspecified atom stereocenters. The van der Waals surface area contributed by atoms with E-state index in [9.17, 15) is 0 Å². The van der Waals surface area contributed by atoms with Crippen LogP contribution >= 0.6 is 20.5 Å². The van der Waals surface area contributed by atoms with Gasteiger partial charge in [0, 0.05) is 0 Å². The molecular weight excluding hydrogens is 355 g/mol. The molecule has 0 aliphatic carbocycles. The molecule has 0 fully saturated rings. The average Bonchev–Trinajstić information content (AvgIpc) is 2.53. The van der Waals surface area contributed by atoms with Crippen LogP contribution in [0.15, 0.2) is 48.5 Å². The van der Waals surface area contributed by atoms with E-state index in [1.165, 1.54) is 11.1 Å². The standard InChI is InChI=1S/C20H26ClO3P/c1-19(2,3)15-7-11-17(12-8-15)22-25(24-21)23-18-13-9-16(10-14-18)20(4,5)6/h7-14H,1-6H3. The van der Waals surface area contributed by atoms with Crippen molar-refractivity contribution in [2.24, 2.45) is 0 Å². The molecule has 25 heavy (non-hydrogen) atoms. The van der Waals surface area contributed by atoms with Gasteiger partial charge in [0.2, 0.25) is 0 Å². The first-order chi connectivity index (χ1) is 11.6. The third-order valence-electron chi connectivity index (χ3n) is 3.86. The Morgan fingerprint density at radius 2 is 0.960 bits per heavy atom. The Labute approximate surface area is 157 Å². The molecule has 0 aliphatic rings. The molecule has 0 aromatic heterocycles. The molecule has 0 spiro atoms. The van der Waals surface area contributed by atoms with Gasteiger partial charge in [0.1, 0.15) is 11.5 Å². The molecule has 0 aliphatic heterocycles. The summed E-state index contributed by atoms with van der Waals surface area (Å²) in [5.41, 5.74) is 2.65. The number of halogens is 1. The largest absolute Gasteiger partial charge is 0.481 e. The second kappa shape index (κ2) is 7.95. The fourth-order valence-corrected chi connectivity index (χ4v) is 3.10. The van der Waals surface area contributed by atoms with E-state index in [4.69, 9.17) is 25.0 Å². The van der Waals surface area contributed by atoms with Crippen LogP contribution in [0.4, 0.5) is 0 Å². The van der Waals surface area contributed by atoms with Gasteiger partial charge in [-0.15, -0.1) is 0 Å². The number of hydrogen-bond donors (Lipinski definition) is 0. The van der Waals surface area contributed by atoms with Crippen LogP contribution in [-0.2, 0) is 14.9 Å². The van der Waals surface area contributed by atoms with Gasteiger partial charge < -0.3 is 9.05 Å². The zero-order chi connectivity index (χ0) is 18.7. The molecule has 0 radical (unpaired) electrons. The first kappa shape index (κ1) is 20.0. The molecule has 136 valence electrons.